The molecule has 0 radical (unpaired) electrons. The molecule has 1 N–H and O–H groups in total. The lowest BCUT2D eigenvalue weighted by Crippen LogP contribution is -2.54. The molecule has 2 heteroatoms. The highest BCUT2D eigenvalue weighted by atomic mass is 16.3. The molecular weight excluding hydrogens is 284 g/mol. The van der Waals surface area contributed by atoms with Crippen molar-refractivity contribution in [1.82, 2.24) is 0 Å². The summed E-state index contributed by atoms with van der Waals surface area (Å²) in [6, 6.07) is 0. The summed E-state index contributed by atoms with van der Waals surface area (Å²) in [7, 11) is 0. The van der Waals surface area contributed by atoms with Crippen molar-refractivity contribution < 1.29 is 9.90 Å². The minimum atomic E-state index is -0.0490. The summed E-state index contributed by atoms with van der Waals surface area (Å²) in [6.45, 7) is 6.80. The molecule has 4 aliphatic carbocycles. The quantitative estimate of drug-likeness (QED) is 0.767. The zero-order valence-electron chi connectivity index (χ0n) is 15.2. The largest absolute Gasteiger partial charge is 0.393 e. The van der Waals surface area contributed by atoms with Crippen molar-refractivity contribution in [2.45, 2.75) is 84.7 Å². The van der Waals surface area contributed by atoms with E-state index in [1.807, 2.05) is 6.92 Å². The molecular formula is C21H34O2. The van der Waals surface area contributed by atoms with Crippen molar-refractivity contribution in [3.05, 3.63) is 0 Å². The average Bonchev–Trinajstić information content (AvgIpc) is 2.85. The first kappa shape index (κ1) is 16.1. The van der Waals surface area contributed by atoms with Crippen molar-refractivity contribution >= 4 is 5.78 Å². The van der Waals surface area contributed by atoms with E-state index in [4.69, 9.17) is 0 Å². The van der Waals surface area contributed by atoms with E-state index in [1.165, 1.54) is 38.5 Å². The first-order chi connectivity index (χ1) is 10.9. The summed E-state index contributed by atoms with van der Waals surface area (Å²) in [5.74, 6) is 3.97. The Morgan fingerprint density at radius 1 is 0.913 bits per heavy atom. The number of fused-ring (bicyclic) bond motifs is 5. The molecule has 4 saturated carbocycles. The molecule has 2 nitrogen and oxygen atoms in total. The third kappa shape index (κ3) is 2.19. The van der Waals surface area contributed by atoms with E-state index < -0.39 is 0 Å². The molecule has 130 valence electrons. The highest BCUT2D eigenvalue weighted by Gasteiger charge is 2.60. The molecule has 4 aliphatic rings. The summed E-state index contributed by atoms with van der Waals surface area (Å²) in [6.07, 6.45) is 10.9. The van der Waals surface area contributed by atoms with Gasteiger partial charge in [-0.1, -0.05) is 13.8 Å². The van der Waals surface area contributed by atoms with Gasteiger partial charge >= 0.3 is 0 Å². The van der Waals surface area contributed by atoms with Crippen LogP contribution < -0.4 is 0 Å². The van der Waals surface area contributed by atoms with Crippen LogP contribution in [-0.2, 0) is 4.79 Å². The van der Waals surface area contributed by atoms with E-state index in [1.54, 1.807) is 0 Å². The Hall–Kier alpha value is -0.370. The van der Waals surface area contributed by atoms with Gasteiger partial charge in [0.15, 0.2) is 0 Å². The molecule has 0 heterocycles. The molecule has 0 aromatic heterocycles. The first-order valence-corrected chi connectivity index (χ1v) is 10.0. The number of aliphatic hydroxyl groups is 1. The molecule has 0 bridgehead atoms. The molecule has 0 saturated heterocycles. The van der Waals surface area contributed by atoms with Crippen LogP contribution in [0.4, 0.5) is 0 Å². The highest BCUT2D eigenvalue weighted by Crippen LogP contribution is 2.67. The fourth-order valence-corrected chi connectivity index (χ4v) is 7.90. The van der Waals surface area contributed by atoms with Gasteiger partial charge in [-0.15, -0.1) is 0 Å². The van der Waals surface area contributed by atoms with Crippen molar-refractivity contribution in [3.63, 3.8) is 0 Å². The van der Waals surface area contributed by atoms with Crippen LogP contribution in [0.3, 0.4) is 0 Å². The normalized spacial score (nSPS) is 55.7. The van der Waals surface area contributed by atoms with E-state index in [0.29, 0.717) is 17.1 Å². The lowest BCUT2D eigenvalue weighted by atomic mass is 9.44. The lowest BCUT2D eigenvalue weighted by molar-refractivity contribution is -0.138. The summed E-state index contributed by atoms with van der Waals surface area (Å²) in [5, 5.41) is 10.1. The van der Waals surface area contributed by atoms with Gasteiger partial charge in [0, 0.05) is 5.92 Å². The topological polar surface area (TPSA) is 37.3 Å². The van der Waals surface area contributed by atoms with Crippen molar-refractivity contribution in [2.24, 2.45) is 40.4 Å². The van der Waals surface area contributed by atoms with E-state index >= 15 is 0 Å². The third-order valence-electron chi connectivity index (χ3n) is 9.13. The number of hydrogen-bond acceptors (Lipinski definition) is 2. The standard InChI is InChI=1S/C21H34O2/c1-13(22)17-6-7-18-16-5-4-14-12-15(23)8-10-20(14,2)19(16)9-11-21(17,18)3/h14-19,23H,4-12H2,1-3H3/t14-,15+,16-,17+,18-,19-,20-,21+/m1/s1. The predicted octanol–water partition coefficient (Wildman–Crippen LogP) is 4.60. The van der Waals surface area contributed by atoms with Crippen LogP contribution in [0, 0.1) is 40.4 Å². The van der Waals surface area contributed by atoms with Gasteiger partial charge in [0.05, 0.1) is 6.10 Å². The number of carbonyl (C=O) groups is 1. The number of Topliss-reactive ketones (excluding diaryl/α,β-unsaturated/α-hetero) is 1. The molecule has 8 atom stereocenters. The Morgan fingerprint density at radius 3 is 2.35 bits per heavy atom. The van der Waals surface area contributed by atoms with Gasteiger partial charge in [0.25, 0.3) is 0 Å². The van der Waals surface area contributed by atoms with Gasteiger partial charge in [-0.2, -0.15) is 0 Å². The van der Waals surface area contributed by atoms with Crippen molar-refractivity contribution in [3.8, 4) is 0 Å². The zero-order valence-corrected chi connectivity index (χ0v) is 15.2. The van der Waals surface area contributed by atoms with Gasteiger partial charge in [-0.3, -0.25) is 4.79 Å². The second-order valence-corrected chi connectivity index (χ2v) is 9.87. The van der Waals surface area contributed by atoms with E-state index in [0.717, 1.165) is 42.9 Å². The maximum Gasteiger partial charge on any atom is 0.133 e. The van der Waals surface area contributed by atoms with Crippen LogP contribution in [0.5, 0.6) is 0 Å². The maximum absolute atomic E-state index is 12.2. The fourth-order valence-electron chi connectivity index (χ4n) is 7.90. The molecule has 0 aromatic carbocycles. The molecule has 23 heavy (non-hydrogen) atoms. The Bertz CT molecular complexity index is 500. The average molecular weight is 319 g/mol. The van der Waals surface area contributed by atoms with Gasteiger partial charge in [-0.05, 0) is 99.2 Å². The Balaban J connectivity index is 1.61. The summed E-state index contributed by atoms with van der Waals surface area (Å²) in [4.78, 5) is 12.2. The molecule has 4 fully saturated rings. The monoisotopic (exact) mass is 318 g/mol. The number of rotatable bonds is 1. The third-order valence-corrected chi connectivity index (χ3v) is 9.13. The second kappa shape index (κ2) is 5.31. The molecule has 0 amide bonds. The fraction of sp³-hybridized carbons (Fsp3) is 0.952. The predicted molar refractivity (Wildman–Crippen MR) is 91.9 cm³/mol. The lowest BCUT2D eigenvalue weighted by Gasteiger charge is -2.60. The van der Waals surface area contributed by atoms with E-state index in [-0.39, 0.29) is 11.5 Å². The smallest absolute Gasteiger partial charge is 0.133 e. The van der Waals surface area contributed by atoms with Gasteiger partial charge < -0.3 is 5.11 Å². The second-order valence-electron chi connectivity index (χ2n) is 9.87. The molecule has 0 unspecified atom stereocenters. The van der Waals surface area contributed by atoms with Crippen LogP contribution in [0.2, 0.25) is 0 Å². The zero-order chi connectivity index (χ0) is 16.4. The van der Waals surface area contributed by atoms with Crippen LogP contribution in [-0.4, -0.2) is 17.0 Å². The number of carbonyl (C=O) groups excluding carboxylic acids is 1. The minimum absolute atomic E-state index is 0.0490. The van der Waals surface area contributed by atoms with Crippen LogP contribution >= 0.6 is 0 Å². The van der Waals surface area contributed by atoms with Gasteiger partial charge in [0.1, 0.15) is 5.78 Å². The summed E-state index contributed by atoms with van der Waals surface area (Å²) < 4.78 is 0. The number of aliphatic hydroxyl groups excluding tert-OH is 1. The SMILES string of the molecule is CC(=O)[C@@H]1CC[C@@H]2[C@H]3CC[C@@H]4C[C@@H](O)CC[C@@]4(C)[C@@H]3CC[C@]21C. The number of hydrogen-bond donors (Lipinski definition) is 1. The van der Waals surface area contributed by atoms with E-state index in [2.05, 4.69) is 13.8 Å². The van der Waals surface area contributed by atoms with E-state index in [9.17, 15) is 9.90 Å². The van der Waals surface area contributed by atoms with Crippen molar-refractivity contribution in [2.75, 3.05) is 0 Å². The van der Waals surface area contributed by atoms with Gasteiger partial charge in [-0.25, -0.2) is 0 Å². The summed E-state index contributed by atoms with van der Waals surface area (Å²) in [5.41, 5.74) is 0.738. The molecule has 4 rings (SSSR count). The Labute approximate surface area is 141 Å². The Morgan fingerprint density at radius 2 is 1.61 bits per heavy atom. The maximum atomic E-state index is 12.2. The summed E-state index contributed by atoms with van der Waals surface area (Å²) >= 11 is 0. The first-order valence-electron chi connectivity index (χ1n) is 10.0. The molecule has 0 spiro atoms. The van der Waals surface area contributed by atoms with Crippen molar-refractivity contribution in [1.29, 1.82) is 0 Å². The highest BCUT2D eigenvalue weighted by molar-refractivity contribution is 5.79. The minimum Gasteiger partial charge on any atom is -0.393 e. The number of ketones is 1. The van der Waals surface area contributed by atoms with Gasteiger partial charge in [0.2, 0.25) is 0 Å². The van der Waals surface area contributed by atoms with Crippen LogP contribution in [0.1, 0.15) is 78.6 Å². The molecule has 0 aromatic rings. The molecule has 0 aliphatic heterocycles. The van der Waals surface area contributed by atoms with Crippen LogP contribution in [0.15, 0.2) is 0 Å². The van der Waals surface area contributed by atoms with Crippen LogP contribution in [0.25, 0.3) is 0 Å². The Kier molecular flexibility index (Phi) is 3.72.